The van der Waals surface area contributed by atoms with Crippen molar-refractivity contribution < 1.29 is 9.84 Å². The van der Waals surface area contributed by atoms with E-state index in [-0.39, 0.29) is 5.75 Å². The van der Waals surface area contributed by atoms with E-state index >= 15 is 0 Å². The van der Waals surface area contributed by atoms with E-state index in [1.54, 1.807) is 6.07 Å². The first-order valence-electron chi connectivity index (χ1n) is 5.21. The van der Waals surface area contributed by atoms with Gasteiger partial charge in [-0.25, -0.2) is 0 Å². The molecule has 4 nitrogen and oxygen atoms in total. The lowest BCUT2D eigenvalue weighted by Crippen LogP contribution is -2.43. The number of ether oxygens (including phenoxy) is 1. The number of hydrogen-bond donors (Lipinski definition) is 1. The maximum absolute atomic E-state index is 9.12. The molecular weight excluding hydrogens is 192 g/mol. The van der Waals surface area contributed by atoms with Crippen molar-refractivity contribution >= 4 is 0 Å². The van der Waals surface area contributed by atoms with Gasteiger partial charge in [0.25, 0.3) is 0 Å². The topological polar surface area (TPSA) is 45.6 Å². The van der Waals surface area contributed by atoms with Crippen molar-refractivity contribution in [2.75, 3.05) is 19.8 Å². The van der Waals surface area contributed by atoms with Crippen molar-refractivity contribution in [2.45, 2.75) is 19.5 Å². The Morgan fingerprint density at radius 3 is 3.13 bits per heavy atom. The number of morpholine rings is 1. The molecule has 0 saturated carbocycles. The van der Waals surface area contributed by atoms with Gasteiger partial charge < -0.3 is 9.84 Å². The van der Waals surface area contributed by atoms with Crippen LogP contribution >= 0.6 is 0 Å². The van der Waals surface area contributed by atoms with Crippen LogP contribution in [0.3, 0.4) is 0 Å². The fourth-order valence-electron chi connectivity index (χ4n) is 1.71. The lowest BCUT2D eigenvalue weighted by molar-refractivity contribution is -0.00491. The standard InChI is InChI=1S/C11H16N2O2/c1-9-8-15-5-4-13(9)7-10-2-3-11(14)6-12-10/h2-3,6,9,14H,4-5,7-8H2,1H3. The third-order valence-corrected chi connectivity index (χ3v) is 2.68. The molecular formula is C11H16N2O2. The molecule has 1 N–H and O–H groups in total. The molecule has 0 aliphatic carbocycles. The summed E-state index contributed by atoms with van der Waals surface area (Å²) in [5.41, 5.74) is 0.988. The Bertz CT molecular complexity index is 313. The molecule has 0 radical (unpaired) electrons. The van der Waals surface area contributed by atoms with E-state index in [2.05, 4.69) is 16.8 Å². The predicted octanol–water partition coefficient (Wildman–Crippen LogP) is 1.01. The van der Waals surface area contributed by atoms with Crippen LogP contribution in [0.4, 0.5) is 0 Å². The molecule has 1 aromatic heterocycles. The zero-order chi connectivity index (χ0) is 10.7. The second kappa shape index (κ2) is 4.59. The zero-order valence-electron chi connectivity index (χ0n) is 8.89. The van der Waals surface area contributed by atoms with Crippen LogP contribution < -0.4 is 0 Å². The fraction of sp³-hybridized carbons (Fsp3) is 0.545. The first-order chi connectivity index (χ1) is 7.25. The summed E-state index contributed by atoms with van der Waals surface area (Å²) in [6, 6.07) is 3.97. The van der Waals surface area contributed by atoms with E-state index in [1.807, 2.05) is 6.07 Å². The molecule has 1 fully saturated rings. The minimum atomic E-state index is 0.216. The van der Waals surface area contributed by atoms with Gasteiger partial charge in [0.1, 0.15) is 5.75 Å². The molecule has 2 rings (SSSR count). The summed E-state index contributed by atoms with van der Waals surface area (Å²) >= 11 is 0. The average molecular weight is 208 g/mol. The van der Waals surface area contributed by atoms with Crippen molar-refractivity contribution in [1.29, 1.82) is 0 Å². The van der Waals surface area contributed by atoms with Crippen molar-refractivity contribution in [3.05, 3.63) is 24.0 Å². The molecule has 1 saturated heterocycles. The normalized spacial score (nSPS) is 22.9. The van der Waals surface area contributed by atoms with Gasteiger partial charge >= 0.3 is 0 Å². The molecule has 4 heteroatoms. The molecule has 1 atom stereocenters. The molecule has 1 aliphatic heterocycles. The highest BCUT2D eigenvalue weighted by Crippen LogP contribution is 2.12. The molecule has 15 heavy (non-hydrogen) atoms. The number of hydrogen-bond acceptors (Lipinski definition) is 4. The second-order valence-electron chi connectivity index (χ2n) is 3.90. The van der Waals surface area contributed by atoms with Gasteiger partial charge in [0, 0.05) is 19.1 Å². The Morgan fingerprint density at radius 1 is 1.60 bits per heavy atom. The lowest BCUT2D eigenvalue weighted by atomic mass is 10.2. The Labute approximate surface area is 89.5 Å². The van der Waals surface area contributed by atoms with Gasteiger partial charge in [-0.3, -0.25) is 9.88 Å². The monoisotopic (exact) mass is 208 g/mol. The molecule has 0 aromatic carbocycles. The molecule has 82 valence electrons. The average Bonchev–Trinajstić information content (AvgIpc) is 2.25. The minimum absolute atomic E-state index is 0.216. The fourth-order valence-corrected chi connectivity index (χ4v) is 1.71. The van der Waals surface area contributed by atoms with Crippen molar-refractivity contribution in [3.63, 3.8) is 0 Å². The van der Waals surface area contributed by atoms with Crippen LogP contribution in [0.25, 0.3) is 0 Å². The van der Waals surface area contributed by atoms with Crippen LogP contribution in [0, 0.1) is 0 Å². The molecule has 1 unspecified atom stereocenters. The third kappa shape index (κ3) is 2.67. The molecule has 0 amide bonds. The summed E-state index contributed by atoms with van der Waals surface area (Å²) < 4.78 is 5.37. The van der Waals surface area contributed by atoms with Gasteiger partial charge in [0.2, 0.25) is 0 Å². The summed E-state index contributed by atoms with van der Waals surface area (Å²) in [5, 5.41) is 9.12. The highest BCUT2D eigenvalue weighted by Gasteiger charge is 2.18. The quantitative estimate of drug-likeness (QED) is 0.787. The summed E-state index contributed by atoms with van der Waals surface area (Å²) in [5.74, 6) is 0.216. The first kappa shape index (κ1) is 10.4. The highest BCUT2D eigenvalue weighted by molar-refractivity contribution is 5.17. The van der Waals surface area contributed by atoms with Crippen molar-refractivity contribution in [1.82, 2.24) is 9.88 Å². The maximum atomic E-state index is 9.12. The van der Waals surface area contributed by atoms with E-state index in [1.165, 1.54) is 6.20 Å². The molecule has 0 bridgehead atoms. The smallest absolute Gasteiger partial charge is 0.133 e. The van der Waals surface area contributed by atoms with E-state index in [4.69, 9.17) is 9.84 Å². The highest BCUT2D eigenvalue weighted by atomic mass is 16.5. The lowest BCUT2D eigenvalue weighted by Gasteiger charge is -2.32. The molecule has 2 heterocycles. The number of pyridine rings is 1. The number of rotatable bonds is 2. The van der Waals surface area contributed by atoms with Crippen LogP contribution in [-0.4, -0.2) is 40.8 Å². The van der Waals surface area contributed by atoms with Crippen LogP contribution in [0.15, 0.2) is 18.3 Å². The third-order valence-electron chi connectivity index (χ3n) is 2.68. The van der Waals surface area contributed by atoms with Gasteiger partial charge in [0.05, 0.1) is 25.1 Å². The van der Waals surface area contributed by atoms with E-state index in [9.17, 15) is 0 Å². The molecule has 0 spiro atoms. The summed E-state index contributed by atoms with van der Waals surface area (Å²) in [7, 11) is 0. The largest absolute Gasteiger partial charge is 0.506 e. The molecule has 1 aromatic rings. The van der Waals surface area contributed by atoms with E-state index < -0.39 is 0 Å². The Balaban J connectivity index is 1.98. The van der Waals surface area contributed by atoms with Crippen LogP contribution in [0.5, 0.6) is 5.75 Å². The van der Waals surface area contributed by atoms with Crippen molar-refractivity contribution in [3.8, 4) is 5.75 Å². The number of aromatic hydroxyl groups is 1. The molecule has 1 aliphatic rings. The van der Waals surface area contributed by atoms with Gasteiger partial charge in [-0.2, -0.15) is 0 Å². The SMILES string of the molecule is CC1COCCN1Cc1ccc(O)cn1. The van der Waals surface area contributed by atoms with Crippen LogP contribution in [0.1, 0.15) is 12.6 Å². The minimum Gasteiger partial charge on any atom is -0.506 e. The van der Waals surface area contributed by atoms with Gasteiger partial charge in [-0.05, 0) is 19.1 Å². The predicted molar refractivity (Wildman–Crippen MR) is 56.6 cm³/mol. The summed E-state index contributed by atoms with van der Waals surface area (Å²) in [4.78, 5) is 6.51. The number of nitrogens with zero attached hydrogens (tertiary/aromatic N) is 2. The van der Waals surface area contributed by atoms with Gasteiger partial charge in [-0.15, -0.1) is 0 Å². The Kier molecular flexibility index (Phi) is 3.18. The Morgan fingerprint density at radius 2 is 2.47 bits per heavy atom. The van der Waals surface area contributed by atoms with Crippen molar-refractivity contribution in [2.24, 2.45) is 0 Å². The summed E-state index contributed by atoms with van der Waals surface area (Å²) in [6.45, 7) is 5.51. The van der Waals surface area contributed by atoms with E-state index in [0.717, 1.165) is 32.0 Å². The number of aromatic nitrogens is 1. The second-order valence-corrected chi connectivity index (χ2v) is 3.90. The van der Waals surface area contributed by atoms with E-state index in [0.29, 0.717) is 6.04 Å². The van der Waals surface area contributed by atoms with Gasteiger partial charge in [-0.1, -0.05) is 0 Å². The van der Waals surface area contributed by atoms with Crippen LogP contribution in [-0.2, 0) is 11.3 Å². The maximum Gasteiger partial charge on any atom is 0.133 e. The summed E-state index contributed by atoms with van der Waals surface area (Å²) in [6.07, 6.45) is 1.49. The zero-order valence-corrected chi connectivity index (χ0v) is 8.89. The van der Waals surface area contributed by atoms with Crippen LogP contribution in [0.2, 0.25) is 0 Å². The first-order valence-corrected chi connectivity index (χ1v) is 5.21. The van der Waals surface area contributed by atoms with Gasteiger partial charge in [0.15, 0.2) is 0 Å². The Hall–Kier alpha value is -1.13.